The Morgan fingerprint density at radius 2 is 2.25 bits per heavy atom. The van der Waals surface area contributed by atoms with Gasteiger partial charge in [-0.05, 0) is 0 Å². The van der Waals surface area contributed by atoms with Crippen LogP contribution in [0, 0.1) is 5.92 Å². The Morgan fingerprint density at radius 3 is 2.67 bits per heavy atom. The van der Waals surface area contributed by atoms with Gasteiger partial charge >= 0.3 is 5.97 Å². The van der Waals surface area contributed by atoms with Crippen LogP contribution in [0.5, 0.6) is 0 Å². The van der Waals surface area contributed by atoms with E-state index in [0.29, 0.717) is 5.33 Å². The summed E-state index contributed by atoms with van der Waals surface area (Å²) in [6, 6.07) is 0. The van der Waals surface area contributed by atoms with Gasteiger partial charge in [0.2, 0.25) is 0 Å². The number of rotatable bonds is 2. The quantitative estimate of drug-likeness (QED) is 0.794. The molecular weight excluding hydrogens is 288 g/mol. The summed E-state index contributed by atoms with van der Waals surface area (Å²) < 4.78 is -0.479. The van der Waals surface area contributed by atoms with Crippen molar-refractivity contribution < 1.29 is 9.90 Å². The number of carboxylic acid groups (broad SMARTS) is 1. The van der Waals surface area contributed by atoms with Crippen LogP contribution in [0.15, 0.2) is 24.3 Å². The summed E-state index contributed by atoms with van der Waals surface area (Å²) in [6.45, 7) is 0. The van der Waals surface area contributed by atoms with Crippen molar-refractivity contribution in [2.24, 2.45) is 5.92 Å². The summed E-state index contributed by atoms with van der Waals surface area (Å²) in [7, 11) is 0. The second kappa shape index (κ2) is 3.75. The summed E-state index contributed by atoms with van der Waals surface area (Å²) in [4.78, 5) is 10.8. The zero-order chi connectivity index (χ0) is 9.19. The highest BCUT2D eigenvalue weighted by molar-refractivity contribution is 9.12. The van der Waals surface area contributed by atoms with Gasteiger partial charge in [0.05, 0.1) is 10.2 Å². The van der Waals surface area contributed by atoms with E-state index in [1.807, 2.05) is 12.2 Å². The molecule has 2 nitrogen and oxygen atoms in total. The lowest BCUT2D eigenvalue weighted by Crippen LogP contribution is -2.36. The molecule has 1 aliphatic rings. The maximum Gasteiger partial charge on any atom is 0.312 e. The van der Waals surface area contributed by atoms with E-state index in [1.54, 1.807) is 12.2 Å². The number of aliphatic carboxylic acids is 1. The van der Waals surface area contributed by atoms with Crippen LogP contribution >= 0.6 is 31.9 Å². The second-order valence-corrected chi connectivity index (χ2v) is 4.66. The van der Waals surface area contributed by atoms with E-state index in [0.717, 1.165) is 0 Å². The molecule has 12 heavy (non-hydrogen) atoms. The number of halogens is 2. The molecule has 0 saturated carbocycles. The van der Waals surface area contributed by atoms with Gasteiger partial charge in [0.15, 0.2) is 0 Å². The number of carboxylic acids is 1. The Morgan fingerprint density at radius 1 is 1.58 bits per heavy atom. The molecule has 1 aliphatic carbocycles. The zero-order valence-electron chi connectivity index (χ0n) is 6.21. The topological polar surface area (TPSA) is 37.3 Å². The van der Waals surface area contributed by atoms with Crippen molar-refractivity contribution in [3.05, 3.63) is 24.3 Å². The van der Waals surface area contributed by atoms with Crippen LogP contribution in [0.1, 0.15) is 0 Å². The summed E-state index contributed by atoms with van der Waals surface area (Å²) in [5.41, 5.74) is 0. The summed E-state index contributed by atoms with van der Waals surface area (Å²) in [5.74, 6) is -1.31. The van der Waals surface area contributed by atoms with E-state index in [9.17, 15) is 4.79 Å². The predicted molar refractivity (Wildman–Crippen MR) is 54.9 cm³/mol. The number of hydrogen-bond donors (Lipinski definition) is 1. The zero-order valence-corrected chi connectivity index (χ0v) is 9.38. The number of hydrogen-bond acceptors (Lipinski definition) is 1. The van der Waals surface area contributed by atoms with Gasteiger partial charge < -0.3 is 5.11 Å². The second-order valence-electron chi connectivity index (χ2n) is 2.62. The van der Waals surface area contributed by atoms with Crippen LogP contribution < -0.4 is 0 Å². The molecule has 0 aromatic heterocycles. The number of alkyl halides is 2. The molecule has 2 unspecified atom stereocenters. The molecule has 66 valence electrons. The van der Waals surface area contributed by atoms with Gasteiger partial charge in [0.25, 0.3) is 0 Å². The van der Waals surface area contributed by atoms with Crippen LogP contribution in [0.3, 0.4) is 0 Å². The first-order valence-corrected chi connectivity index (χ1v) is 5.35. The lowest BCUT2D eigenvalue weighted by atomic mass is 9.90. The SMILES string of the molecule is O=C(O)C1C=CC=CC1(Br)CBr. The van der Waals surface area contributed by atoms with Gasteiger partial charge in [0, 0.05) is 5.33 Å². The standard InChI is InChI=1S/C8H8Br2O2/c9-5-8(10)4-2-1-3-6(8)7(11)12/h1-4,6H,5H2,(H,11,12). The normalized spacial score (nSPS) is 33.7. The van der Waals surface area contributed by atoms with Crippen molar-refractivity contribution in [2.75, 3.05) is 5.33 Å². The van der Waals surface area contributed by atoms with E-state index in [2.05, 4.69) is 31.9 Å². The monoisotopic (exact) mass is 294 g/mol. The average Bonchev–Trinajstić information content (AvgIpc) is 2.05. The summed E-state index contributed by atoms with van der Waals surface area (Å²) >= 11 is 6.68. The molecule has 1 rings (SSSR count). The van der Waals surface area contributed by atoms with Crippen molar-refractivity contribution in [3.63, 3.8) is 0 Å². The Kier molecular flexibility index (Phi) is 3.12. The maximum absolute atomic E-state index is 10.8. The van der Waals surface area contributed by atoms with Crippen LogP contribution in [0.2, 0.25) is 0 Å². The lowest BCUT2D eigenvalue weighted by Gasteiger charge is -2.28. The molecule has 2 atom stereocenters. The van der Waals surface area contributed by atoms with E-state index in [4.69, 9.17) is 5.11 Å². The average molecular weight is 296 g/mol. The number of carbonyl (C=O) groups is 1. The molecule has 0 aliphatic heterocycles. The van der Waals surface area contributed by atoms with Crippen molar-refractivity contribution in [1.82, 2.24) is 0 Å². The molecule has 0 saturated heterocycles. The van der Waals surface area contributed by atoms with Crippen LogP contribution in [0.4, 0.5) is 0 Å². The largest absolute Gasteiger partial charge is 0.481 e. The van der Waals surface area contributed by atoms with Crippen LogP contribution in [-0.2, 0) is 4.79 Å². The Balaban J connectivity index is 2.92. The smallest absolute Gasteiger partial charge is 0.312 e. The van der Waals surface area contributed by atoms with E-state index in [1.165, 1.54) is 0 Å². The first-order chi connectivity index (χ1) is 5.60. The molecule has 0 radical (unpaired) electrons. The lowest BCUT2D eigenvalue weighted by molar-refractivity contribution is -0.140. The molecular formula is C8H8Br2O2. The third-order valence-electron chi connectivity index (χ3n) is 1.78. The third-order valence-corrected chi connectivity index (χ3v) is 4.49. The van der Waals surface area contributed by atoms with Gasteiger partial charge in [-0.1, -0.05) is 56.2 Å². The first-order valence-electron chi connectivity index (χ1n) is 3.44. The molecule has 0 heterocycles. The van der Waals surface area contributed by atoms with Gasteiger partial charge in [0.1, 0.15) is 0 Å². The maximum atomic E-state index is 10.8. The van der Waals surface area contributed by atoms with Gasteiger partial charge in [-0.15, -0.1) is 0 Å². The van der Waals surface area contributed by atoms with Gasteiger partial charge in [-0.25, -0.2) is 0 Å². The fraction of sp³-hybridized carbons (Fsp3) is 0.375. The van der Waals surface area contributed by atoms with Crippen LogP contribution in [0.25, 0.3) is 0 Å². The first kappa shape index (κ1) is 9.99. The van der Waals surface area contributed by atoms with Crippen molar-refractivity contribution in [2.45, 2.75) is 4.32 Å². The Bertz CT molecular complexity index is 247. The molecule has 4 heteroatoms. The van der Waals surface area contributed by atoms with Crippen molar-refractivity contribution in [1.29, 1.82) is 0 Å². The van der Waals surface area contributed by atoms with E-state index >= 15 is 0 Å². The molecule has 0 aromatic carbocycles. The van der Waals surface area contributed by atoms with Crippen molar-refractivity contribution in [3.8, 4) is 0 Å². The summed E-state index contributed by atoms with van der Waals surface area (Å²) in [6.07, 6.45) is 7.12. The van der Waals surface area contributed by atoms with E-state index in [-0.39, 0.29) is 0 Å². The highest BCUT2D eigenvalue weighted by Gasteiger charge is 2.37. The summed E-state index contributed by atoms with van der Waals surface area (Å²) in [5, 5.41) is 9.45. The third kappa shape index (κ3) is 1.80. The molecule has 0 aromatic rings. The van der Waals surface area contributed by atoms with Crippen LogP contribution in [-0.4, -0.2) is 20.7 Å². The Hall–Kier alpha value is -0.0900. The minimum absolute atomic E-state index is 0.479. The minimum atomic E-state index is -0.813. The van der Waals surface area contributed by atoms with Gasteiger partial charge in [-0.2, -0.15) is 0 Å². The van der Waals surface area contributed by atoms with Crippen molar-refractivity contribution >= 4 is 37.8 Å². The molecule has 1 N–H and O–H groups in total. The molecule has 0 amide bonds. The minimum Gasteiger partial charge on any atom is -0.481 e. The highest BCUT2D eigenvalue weighted by atomic mass is 79.9. The molecule has 0 fully saturated rings. The fourth-order valence-electron chi connectivity index (χ4n) is 1.07. The predicted octanol–water partition coefficient (Wildman–Crippen LogP) is 2.34. The number of allylic oxidation sites excluding steroid dienone is 3. The Labute approximate surface area is 87.6 Å². The molecule has 0 spiro atoms. The molecule has 0 bridgehead atoms. The van der Waals surface area contributed by atoms with E-state index < -0.39 is 16.2 Å². The fourth-order valence-corrected chi connectivity index (χ4v) is 2.11. The highest BCUT2D eigenvalue weighted by Crippen LogP contribution is 2.35. The van der Waals surface area contributed by atoms with Gasteiger partial charge in [-0.3, -0.25) is 4.79 Å².